The third-order valence-electron chi connectivity index (χ3n) is 3.56. The minimum Gasteiger partial charge on any atom is -0.497 e. The average Bonchev–Trinajstić information content (AvgIpc) is 2.58. The quantitative estimate of drug-likeness (QED) is 0.815. The lowest BCUT2D eigenvalue weighted by molar-refractivity contribution is 0.100. The van der Waals surface area contributed by atoms with Crippen LogP contribution in [0.25, 0.3) is 6.08 Å². The smallest absolute Gasteiger partial charge is 0.196 e. The van der Waals surface area contributed by atoms with E-state index in [1.54, 1.807) is 32.4 Å². The van der Waals surface area contributed by atoms with Gasteiger partial charge in [0.15, 0.2) is 5.78 Å². The maximum absolute atomic E-state index is 12.6. The predicted octanol–water partition coefficient (Wildman–Crippen LogP) is 3.36. The summed E-state index contributed by atoms with van der Waals surface area (Å²) in [5, 5.41) is 0. The Bertz CT molecular complexity index is 729. The highest BCUT2D eigenvalue weighted by Gasteiger charge is 2.23. The van der Waals surface area contributed by atoms with E-state index in [2.05, 4.69) is 0 Å². The second-order valence-corrected chi connectivity index (χ2v) is 4.92. The van der Waals surface area contributed by atoms with E-state index in [-0.39, 0.29) is 12.4 Å². The zero-order valence-electron chi connectivity index (χ0n) is 12.5. The first kappa shape index (κ1) is 14.2. The van der Waals surface area contributed by atoms with Crippen molar-refractivity contribution in [2.45, 2.75) is 0 Å². The van der Waals surface area contributed by atoms with Gasteiger partial charge in [0.2, 0.25) is 0 Å². The first-order chi connectivity index (χ1) is 10.7. The molecule has 4 heteroatoms. The molecule has 3 rings (SSSR count). The van der Waals surface area contributed by atoms with Crippen LogP contribution >= 0.6 is 0 Å². The first-order valence-corrected chi connectivity index (χ1v) is 6.91. The molecule has 1 aliphatic rings. The number of Topliss-reactive ketones (excluding diaryl/α,β-unsaturated/α-hetero) is 1. The third-order valence-corrected chi connectivity index (χ3v) is 3.56. The van der Waals surface area contributed by atoms with E-state index in [0.29, 0.717) is 22.6 Å². The van der Waals surface area contributed by atoms with Gasteiger partial charge in [-0.1, -0.05) is 12.1 Å². The molecule has 4 nitrogen and oxygen atoms in total. The topological polar surface area (TPSA) is 44.8 Å². The molecule has 0 saturated heterocycles. The molecular weight excluding hydrogens is 280 g/mol. The predicted molar refractivity (Wildman–Crippen MR) is 83.8 cm³/mol. The summed E-state index contributed by atoms with van der Waals surface area (Å²) in [7, 11) is 3.19. The lowest BCUT2D eigenvalue weighted by atomic mass is 9.98. The minimum atomic E-state index is -0.0315. The zero-order chi connectivity index (χ0) is 15.5. The van der Waals surface area contributed by atoms with Crippen molar-refractivity contribution < 1.29 is 19.0 Å². The first-order valence-electron chi connectivity index (χ1n) is 6.91. The van der Waals surface area contributed by atoms with Crippen LogP contribution in [0, 0.1) is 0 Å². The number of ketones is 1. The Labute approximate surface area is 128 Å². The monoisotopic (exact) mass is 296 g/mol. The number of hydrogen-bond donors (Lipinski definition) is 0. The van der Waals surface area contributed by atoms with Gasteiger partial charge < -0.3 is 14.2 Å². The van der Waals surface area contributed by atoms with Gasteiger partial charge in [0, 0.05) is 5.57 Å². The molecule has 0 radical (unpaired) electrons. The number of benzene rings is 2. The highest BCUT2D eigenvalue weighted by atomic mass is 16.5. The van der Waals surface area contributed by atoms with Crippen LogP contribution in [0.1, 0.15) is 15.9 Å². The molecule has 0 N–H and O–H groups in total. The summed E-state index contributed by atoms with van der Waals surface area (Å²) in [6, 6.07) is 12.8. The Kier molecular flexibility index (Phi) is 3.83. The van der Waals surface area contributed by atoms with Gasteiger partial charge in [-0.15, -0.1) is 0 Å². The molecule has 1 heterocycles. The van der Waals surface area contributed by atoms with Crippen LogP contribution in [0.2, 0.25) is 0 Å². The molecule has 0 aromatic heterocycles. The van der Waals surface area contributed by atoms with E-state index < -0.39 is 0 Å². The highest BCUT2D eigenvalue weighted by Crippen LogP contribution is 2.31. The van der Waals surface area contributed by atoms with Gasteiger partial charge in [0.1, 0.15) is 23.9 Å². The number of fused-ring (bicyclic) bond motifs is 1. The van der Waals surface area contributed by atoms with Crippen LogP contribution in [0.3, 0.4) is 0 Å². The van der Waals surface area contributed by atoms with Crippen molar-refractivity contribution in [3.63, 3.8) is 0 Å². The molecule has 0 unspecified atom stereocenters. The largest absolute Gasteiger partial charge is 0.497 e. The van der Waals surface area contributed by atoms with E-state index in [0.717, 1.165) is 11.3 Å². The molecular formula is C18H16O4. The van der Waals surface area contributed by atoms with Crippen molar-refractivity contribution >= 4 is 11.9 Å². The number of ether oxygens (including phenoxy) is 3. The fourth-order valence-electron chi connectivity index (χ4n) is 2.34. The van der Waals surface area contributed by atoms with Gasteiger partial charge in [-0.05, 0) is 42.0 Å². The van der Waals surface area contributed by atoms with Crippen molar-refractivity contribution in [3.05, 3.63) is 59.2 Å². The number of methoxy groups -OCH3 is 2. The second kappa shape index (κ2) is 5.93. The van der Waals surface area contributed by atoms with Crippen LogP contribution in [0.5, 0.6) is 17.2 Å². The van der Waals surface area contributed by atoms with Gasteiger partial charge in [-0.25, -0.2) is 0 Å². The van der Waals surface area contributed by atoms with Gasteiger partial charge in [0.25, 0.3) is 0 Å². The molecule has 0 bridgehead atoms. The third kappa shape index (κ3) is 2.68. The molecule has 0 fully saturated rings. The zero-order valence-corrected chi connectivity index (χ0v) is 12.5. The van der Waals surface area contributed by atoms with Crippen LogP contribution in [0.4, 0.5) is 0 Å². The van der Waals surface area contributed by atoms with Crippen LogP contribution in [-0.2, 0) is 0 Å². The van der Waals surface area contributed by atoms with E-state index in [4.69, 9.17) is 14.2 Å². The summed E-state index contributed by atoms with van der Waals surface area (Å²) in [6.45, 7) is 0.268. The van der Waals surface area contributed by atoms with Crippen molar-refractivity contribution in [2.75, 3.05) is 20.8 Å². The average molecular weight is 296 g/mol. The van der Waals surface area contributed by atoms with E-state index >= 15 is 0 Å². The van der Waals surface area contributed by atoms with Crippen LogP contribution in [0.15, 0.2) is 48.0 Å². The fraction of sp³-hybridized carbons (Fsp3) is 0.167. The molecule has 0 aliphatic carbocycles. The van der Waals surface area contributed by atoms with Crippen molar-refractivity contribution in [1.29, 1.82) is 0 Å². The number of carbonyl (C=O) groups excluding carboxylic acids is 1. The summed E-state index contributed by atoms with van der Waals surface area (Å²) < 4.78 is 15.9. The molecule has 112 valence electrons. The van der Waals surface area contributed by atoms with E-state index in [9.17, 15) is 4.79 Å². The Hall–Kier alpha value is -2.75. The van der Waals surface area contributed by atoms with Crippen molar-refractivity contribution in [1.82, 2.24) is 0 Å². The molecule has 22 heavy (non-hydrogen) atoms. The minimum absolute atomic E-state index is 0.0315. The van der Waals surface area contributed by atoms with Crippen LogP contribution < -0.4 is 14.2 Å². The molecule has 0 spiro atoms. The Morgan fingerprint density at radius 3 is 2.36 bits per heavy atom. The van der Waals surface area contributed by atoms with Gasteiger partial charge >= 0.3 is 0 Å². The standard InChI is InChI=1S/C18H16O4/c1-20-14-5-3-12(4-6-14)9-13-11-22-17-8-7-15(21-2)10-16(17)18(13)19/h3-10H,11H2,1-2H3/b13-9-. The normalized spacial score (nSPS) is 15.2. The molecule has 0 atom stereocenters. The molecule has 0 saturated carbocycles. The molecule has 0 amide bonds. The highest BCUT2D eigenvalue weighted by molar-refractivity contribution is 6.14. The summed E-state index contributed by atoms with van der Waals surface area (Å²) >= 11 is 0. The second-order valence-electron chi connectivity index (χ2n) is 4.92. The number of hydrogen-bond acceptors (Lipinski definition) is 4. The fourth-order valence-corrected chi connectivity index (χ4v) is 2.34. The molecule has 2 aromatic rings. The SMILES string of the molecule is COc1ccc(/C=C2/COc3ccc(OC)cc3C2=O)cc1. The lowest BCUT2D eigenvalue weighted by Crippen LogP contribution is -2.19. The maximum atomic E-state index is 12.6. The summed E-state index contributed by atoms with van der Waals surface area (Å²) in [5.74, 6) is 1.98. The molecule has 1 aliphatic heterocycles. The number of carbonyl (C=O) groups is 1. The van der Waals surface area contributed by atoms with Crippen molar-refractivity contribution in [3.8, 4) is 17.2 Å². The van der Waals surface area contributed by atoms with Gasteiger partial charge in [0.05, 0.1) is 19.8 Å². The lowest BCUT2D eigenvalue weighted by Gasteiger charge is -2.19. The number of rotatable bonds is 3. The van der Waals surface area contributed by atoms with E-state index in [1.165, 1.54) is 0 Å². The Morgan fingerprint density at radius 2 is 1.68 bits per heavy atom. The summed E-state index contributed by atoms with van der Waals surface area (Å²) in [4.78, 5) is 12.6. The van der Waals surface area contributed by atoms with Crippen LogP contribution in [-0.4, -0.2) is 26.6 Å². The Balaban J connectivity index is 1.92. The Morgan fingerprint density at radius 1 is 1.00 bits per heavy atom. The van der Waals surface area contributed by atoms with Crippen molar-refractivity contribution in [2.24, 2.45) is 0 Å². The van der Waals surface area contributed by atoms with Gasteiger partial charge in [-0.2, -0.15) is 0 Å². The van der Waals surface area contributed by atoms with E-state index in [1.807, 2.05) is 30.3 Å². The van der Waals surface area contributed by atoms with Gasteiger partial charge in [-0.3, -0.25) is 4.79 Å². The maximum Gasteiger partial charge on any atom is 0.196 e. The summed E-state index contributed by atoms with van der Waals surface area (Å²) in [5.41, 5.74) is 2.08. The molecule has 2 aromatic carbocycles. The summed E-state index contributed by atoms with van der Waals surface area (Å²) in [6.07, 6.45) is 1.84.